The topological polar surface area (TPSA) is 105 Å². The molecule has 7 nitrogen and oxygen atoms in total. The third-order valence-electron chi connectivity index (χ3n) is 4.96. The number of carbonyl (C=O) groups is 1. The maximum Gasteiger partial charge on any atom is 0.416 e. The van der Waals surface area contributed by atoms with Crippen LogP contribution in [0.5, 0.6) is 0 Å². The highest BCUT2D eigenvalue weighted by Gasteiger charge is 2.33. The molecule has 0 atom stereocenters. The summed E-state index contributed by atoms with van der Waals surface area (Å²) in [7, 11) is -4.20. The second kappa shape index (κ2) is 12.3. The van der Waals surface area contributed by atoms with Crippen molar-refractivity contribution in [3.63, 3.8) is 0 Å². The molecule has 0 spiro atoms. The third-order valence-corrected chi connectivity index (χ3v) is 6.82. The van der Waals surface area contributed by atoms with Crippen LogP contribution in [0, 0.1) is 0 Å². The standard InChI is InChI=1S/C20H17F6N3O3S.C2H4F3N/c21-19(22,23)12-27-18(30)17-6-2-5-16(28-17)13-7-9-29(10-8-13)33(31,32)15-4-1-3-14(11-15)20(24,25)26;3-2(4,5)1-6/h1-7,11H,8-10,12H2,(H,27,30);1,6H2. The van der Waals surface area contributed by atoms with E-state index in [2.05, 4.69) is 10.7 Å². The first-order chi connectivity index (χ1) is 17.8. The van der Waals surface area contributed by atoms with E-state index in [-0.39, 0.29) is 30.9 Å². The molecule has 2 aromatic rings. The lowest BCUT2D eigenvalue weighted by molar-refractivity contribution is -0.137. The minimum atomic E-state index is -4.69. The van der Waals surface area contributed by atoms with Crippen molar-refractivity contribution in [1.82, 2.24) is 14.6 Å². The molecule has 1 amide bonds. The second-order valence-electron chi connectivity index (χ2n) is 7.89. The fourth-order valence-corrected chi connectivity index (χ4v) is 4.52. The van der Waals surface area contributed by atoms with E-state index in [1.165, 1.54) is 24.3 Å². The Balaban J connectivity index is 0.000000798. The number of nitrogens with two attached hydrogens (primary N) is 1. The van der Waals surface area contributed by atoms with Crippen LogP contribution in [-0.2, 0) is 16.2 Å². The summed E-state index contributed by atoms with van der Waals surface area (Å²) in [6, 6.07) is 7.62. The molecule has 0 saturated carbocycles. The van der Waals surface area contributed by atoms with Crippen LogP contribution in [0.15, 0.2) is 53.4 Å². The summed E-state index contributed by atoms with van der Waals surface area (Å²) in [5.41, 5.74) is 3.69. The molecule has 3 N–H and O–H groups in total. The van der Waals surface area contributed by atoms with Gasteiger partial charge in [0.1, 0.15) is 12.2 Å². The van der Waals surface area contributed by atoms with Crippen molar-refractivity contribution in [2.45, 2.75) is 29.8 Å². The summed E-state index contributed by atoms with van der Waals surface area (Å²) >= 11 is 0. The SMILES string of the molecule is NCC(F)(F)F.O=C(NCC(F)(F)F)c1cccc(C2=CCN(S(=O)(=O)c3cccc(C(F)(F)F)c3)CC2)n1. The van der Waals surface area contributed by atoms with Gasteiger partial charge in [0.05, 0.1) is 22.7 Å². The smallest absolute Gasteiger partial charge is 0.342 e. The van der Waals surface area contributed by atoms with Crippen molar-refractivity contribution in [3.8, 4) is 0 Å². The lowest BCUT2D eigenvalue weighted by Gasteiger charge is -2.26. The zero-order valence-corrected chi connectivity index (χ0v) is 20.5. The van der Waals surface area contributed by atoms with Gasteiger partial charge in [-0.25, -0.2) is 13.4 Å². The lowest BCUT2D eigenvalue weighted by Crippen LogP contribution is -2.35. The van der Waals surface area contributed by atoms with Crippen molar-refractivity contribution in [1.29, 1.82) is 0 Å². The van der Waals surface area contributed by atoms with E-state index in [4.69, 9.17) is 0 Å². The Hall–Kier alpha value is -3.18. The van der Waals surface area contributed by atoms with Crippen LogP contribution in [-0.4, -0.2) is 62.1 Å². The Morgan fingerprint density at radius 2 is 1.59 bits per heavy atom. The van der Waals surface area contributed by atoms with Crippen LogP contribution in [0.1, 0.15) is 28.2 Å². The minimum absolute atomic E-state index is 0.0589. The molecule has 0 fully saturated rings. The van der Waals surface area contributed by atoms with Crippen LogP contribution < -0.4 is 11.1 Å². The number of halogens is 9. The van der Waals surface area contributed by atoms with Gasteiger partial charge in [0.25, 0.3) is 5.91 Å². The number of nitrogens with one attached hydrogen (secondary N) is 1. The van der Waals surface area contributed by atoms with Crippen LogP contribution in [0.3, 0.4) is 0 Å². The van der Waals surface area contributed by atoms with Crippen LogP contribution >= 0.6 is 0 Å². The molecule has 1 aromatic carbocycles. The first kappa shape index (κ1) is 32.0. The Labute approximate surface area is 216 Å². The molecule has 17 heteroatoms. The first-order valence-corrected chi connectivity index (χ1v) is 12.2. The molecule has 1 aliphatic rings. The molecule has 0 radical (unpaired) electrons. The van der Waals surface area contributed by atoms with E-state index in [9.17, 15) is 52.7 Å². The Bertz CT molecular complexity index is 1290. The number of hydrogen-bond acceptors (Lipinski definition) is 5. The number of pyridine rings is 1. The monoisotopic (exact) mass is 592 g/mol. The number of rotatable bonds is 5. The third kappa shape index (κ3) is 9.81. The van der Waals surface area contributed by atoms with Gasteiger partial charge < -0.3 is 11.1 Å². The highest BCUT2D eigenvalue weighted by Crippen LogP contribution is 2.32. The Morgan fingerprint density at radius 1 is 0.974 bits per heavy atom. The lowest BCUT2D eigenvalue weighted by atomic mass is 10.1. The van der Waals surface area contributed by atoms with E-state index in [0.717, 1.165) is 22.5 Å². The molecule has 1 aliphatic heterocycles. The first-order valence-electron chi connectivity index (χ1n) is 10.8. The molecule has 0 bridgehead atoms. The number of hydrogen-bond donors (Lipinski definition) is 2. The van der Waals surface area contributed by atoms with Gasteiger partial charge in [-0.3, -0.25) is 4.79 Å². The van der Waals surface area contributed by atoms with Crippen molar-refractivity contribution in [2.75, 3.05) is 26.2 Å². The molecular formula is C22H21F9N4O3S. The minimum Gasteiger partial charge on any atom is -0.342 e. The summed E-state index contributed by atoms with van der Waals surface area (Å²) in [6.07, 6.45) is -11.8. The van der Waals surface area contributed by atoms with Gasteiger partial charge in [-0.2, -0.15) is 43.8 Å². The molecule has 39 heavy (non-hydrogen) atoms. The van der Waals surface area contributed by atoms with Crippen LogP contribution in [0.4, 0.5) is 39.5 Å². The average Bonchev–Trinajstić information content (AvgIpc) is 2.86. The molecule has 2 heterocycles. The van der Waals surface area contributed by atoms with Gasteiger partial charge >= 0.3 is 18.5 Å². The molecule has 0 unspecified atom stereocenters. The zero-order chi connectivity index (χ0) is 29.6. The van der Waals surface area contributed by atoms with Crippen LogP contribution in [0.25, 0.3) is 5.57 Å². The van der Waals surface area contributed by atoms with Crippen molar-refractivity contribution in [3.05, 3.63) is 65.5 Å². The van der Waals surface area contributed by atoms with Crippen molar-refractivity contribution >= 4 is 21.5 Å². The second-order valence-corrected chi connectivity index (χ2v) is 9.83. The predicted molar refractivity (Wildman–Crippen MR) is 121 cm³/mol. The summed E-state index contributed by atoms with van der Waals surface area (Å²) < 4.78 is 134. The molecule has 216 valence electrons. The highest BCUT2D eigenvalue weighted by atomic mass is 32.2. The van der Waals surface area contributed by atoms with Crippen molar-refractivity contribution < 1.29 is 52.7 Å². The zero-order valence-electron chi connectivity index (χ0n) is 19.7. The summed E-state index contributed by atoms with van der Waals surface area (Å²) in [6.45, 7) is -2.95. The summed E-state index contributed by atoms with van der Waals surface area (Å²) in [5.74, 6) is -1.01. The summed E-state index contributed by atoms with van der Waals surface area (Å²) in [4.78, 5) is 15.5. The molecule has 0 aliphatic carbocycles. The fourth-order valence-electron chi connectivity index (χ4n) is 3.09. The van der Waals surface area contributed by atoms with E-state index in [0.29, 0.717) is 11.6 Å². The number of carbonyl (C=O) groups excluding carboxylic acids is 1. The quantitative estimate of drug-likeness (QED) is 0.502. The van der Waals surface area contributed by atoms with Crippen molar-refractivity contribution in [2.24, 2.45) is 5.73 Å². The fraction of sp³-hybridized carbons (Fsp3) is 0.364. The number of nitrogens with zero attached hydrogens (tertiary/aromatic N) is 2. The number of aromatic nitrogens is 1. The highest BCUT2D eigenvalue weighted by molar-refractivity contribution is 7.89. The van der Waals surface area contributed by atoms with E-state index in [1.54, 1.807) is 5.32 Å². The van der Waals surface area contributed by atoms with E-state index >= 15 is 0 Å². The largest absolute Gasteiger partial charge is 0.416 e. The average molecular weight is 592 g/mol. The van der Waals surface area contributed by atoms with E-state index in [1.807, 2.05) is 0 Å². The predicted octanol–water partition coefficient (Wildman–Crippen LogP) is 4.38. The molecular weight excluding hydrogens is 571 g/mol. The van der Waals surface area contributed by atoms with Crippen LogP contribution in [0.2, 0.25) is 0 Å². The number of amides is 1. The van der Waals surface area contributed by atoms with Gasteiger partial charge in [-0.05, 0) is 42.3 Å². The number of benzene rings is 1. The van der Waals surface area contributed by atoms with Gasteiger partial charge in [0.2, 0.25) is 10.0 Å². The Morgan fingerprint density at radius 3 is 2.10 bits per heavy atom. The van der Waals surface area contributed by atoms with E-state index < -0.39 is 58.0 Å². The number of sulfonamides is 1. The van der Waals surface area contributed by atoms with Gasteiger partial charge in [-0.1, -0.05) is 18.2 Å². The Kier molecular flexibility index (Phi) is 10.1. The molecule has 0 saturated heterocycles. The number of alkyl halides is 9. The maximum absolute atomic E-state index is 12.9. The summed E-state index contributed by atoms with van der Waals surface area (Å²) in [5, 5.41) is 1.72. The molecule has 1 aromatic heterocycles. The normalized spacial score (nSPS) is 15.2. The molecule has 3 rings (SSSR count). The van der Waals surface area contributed by atoms with Gasteiger partial charge in [0, 0.05) is 13.1 Å². The van der Waals surface area contributed by atoms with Gasteiger partial charge in [-0.15, -0.1) is 0 Å². The maximum atomic E-state index is 12.9. The van der Waals surface area contributed by atoms with Gasteiger partial charge in [0.15, 0.2) is 0 Å².